The van der Waals surface area contributed by atoms with Crippen LogP contribution in [0.5, 0.6) is 0 Å². The highest BCUT2D eigenvalue weighted by Gasteiger charge is 2.43. The fraction of sp³-hybridized carbons (Fsp3) is 0.188. The number of aliphatic hydroxyl groups is 1. The van der Waals surface area contributed by atoms with Gasteiger partial charge in [0.2, 0.25) is 0 Å². The molecule has 1 atom stereocenters. The number of rotatable bonds is 3. The maximum atomic E-state index is 14.7. The molecule has 1 aromatic heterocycles. The zero-order chi connectivity index (χ0) is 15.0. The Hall–Kier alpha value is -2.27. The van der Waals surface area contributed by atoms with E-state index in [2.05, 4.69) is 4.98 Å². The van der Waals surface area contributed by atoms with E-state index in [4.69, 9.17) is 0 Å². The number of benzene rings is 2. The third-order valence-corrected chi connectivity index (χ3v) is 3.47. The standard InChI is InChI=1S/C16H14F2N2O/c1-11-19-13-9-5-6-10-14(13)20(11)16(17,18)15(21)12-7-3-2-4-8-12/h2-10,15,21H,1H3/t15-/m0/s1. The summed E-state index contributed by atoms with van der Waals surface area (Å²) < 4.78 is 30.3. The molecule has 0 unspecified atom stereocenters. The Morgan fingerprint density at radius 1 is 1.05 bits per heavy atom. The molecular weight excluding hydrogens is 274 g/mol. The lowest BCUT2D eigenvalue weighted by molar-refractivity contribution is -0.173. The van der Waals surface area contributed by atoms with Crippen LogP contribution in [-0.2, 0) is 6.05 Å². The van der Waals surface area contributed by atoms with E-state index in [1.165, 1.54) is 19.1 Å². The van der Waals surface area contributed by atoms with Crippen molar-refractivity contribution < 1.29 is 13.9 Å². The molecule has 0 radical (unpaired) electrons. The number of para-hydroxylation sites is 2. The lowest BCUT2D eigenvalue weighted by atomic mass is 10.1. The van der Waals surface area contributed by atoms with Crippen LogP contribution < -0.4 is 0 Å². The van der Waals surface area contributed by atoms with E-state index in [1.807, 2.05) is 0 Å². The van der Waals surface area contributed by atoms with E-state index in [0.29, 0.717) is 11.0 Å². The number of nitrogens with zero attached hydrogens (tertiary/aromatic N) is 2. The summed E-state index contributed by atoms with van der Waals surface area (Å²) >= 11 is 0. The van der Waals surface area contributed by atoms with Gasteiger partial charge in [-0.3, -0.25) is 4.57 Å². The van der Waals surface area contributed by atoms with Gasteiger partial charge >= 0.3 is 6.05 Å². The largest absolute Gasteiger partial charge is 0.380 e. The summed E-state index contributed by atoms with van der Waals surface area (Å²) in [5, 5.41) is 10.1. The molecule has 0 aliphatic carbocycles. The Morgan fingerprint density at radius 2 is 1.67 bits per heavy atom. The van der Waals surface area contributed by atoms with Gasteiger partial charge < -0.3 is 5.11 Å². The van der Waals surface area contributed by atoms with Gasteiger partial charge in [-0.25, -0.2) is 4.98 Å². The summed E-state index contributed by atoms with van der Waals surface area (Å²) in [7, 11) is 0. The predicted molar refractivity (Wildman–Crippen MR) is 76.1 cm³/mol. The van der Waals surface area contributed by atoms with Gasteiger partial charge in [0.25, 0.3) is 0 Å². The first kappa shape index (κ1) is 13.7. The number of halogens is 2. The van der Waals surface area contributed by atoms with Gasteiger partial charge in [0.05, 0.1) is 11.0 Å². The van der Waals surface area contributed by atoms with Crippen molar-refractivity contribution in [2.45, 2.75) is 19.1 Å². The number of imidazole rings is 1. The molecule has 3 aromatic rings. The van der Waals surface area contributed by atoms with Gasteiger partial charge in [-0.1, -0.05) is 42.5 Å². The predicted octanol–water partition coefficient (Wildman–Crippen LogP) is 3.63. The SMILES string of the molecule is Cc1nc2ccccc2n1C(F)(F)[C@@H](O)c1ccccc1. The molecule has 108 valence electrons. The Balaban J connectivity index is 2.14. The Labute approximate surface area is 120 Å². The summed E-state index contributed by atoms with van der Waals surface area (Å²) in [6, 6.07) is 11.1. The fourth-order valence-corrected chi connectivity index (χ4v) is 2.48. The van der Waals surface area contributed by atoms with E-state index in [0.717, 1.165) is 4.57 Å². The van der Waals surface area contributed by atoms with Crippen LogP contribution in [0, 0.1) is 6.92 Å². The molecule has 2 aromatic carbocycles. The zero-order valence-electron chi connectivity index (χ0n) is 11.4. The van der Waals surface area contributed by atoms with Gasteiger partial charge in [0.1, 0.15) is 5.82 Å². The number of aryl methyl sites for hydroxylation is 1. The molecule has 0 fully saturated rings. The lowest BCUT2D eigenvalue weighted by Gasteiger charge is -2.25. The third-order valence-electron chi connectivity index (χ3n) is 3.47. The molecule has 0 spiro atoms. The number of hydrogen-bond acceptors (Lipinski definition) is 2. The van der Waals surface area contributed by atoms with Crippen LogP contribution in [-0.4, -0.2) is 14.7 Å². The average Bonchev–Trinajstić information content (AvgIpc) is 2.83. The van der Waals surface area contributed by atoms with Crippen molar-refractivity contribution >= 4 is 11.0 Å². The summed E-state index contributed by atoms with van der Waals surface area (Å²) in [5.74, 6) is 0.163. The maximum Gasteiger partial charge on any atom is 0.360 e. The van der Waals surface area contributed by atoms with Crippen molar-refractivity contribution in [3.8, 4) is 0 Å². The number of aromatic nitrogens is 2. The minimum Gasteiger partial charge on any atom is -0.380 e. The first-order valence-corrected chi connectivity index (χ1v) is 6.57. The Morgan fingerprint density at radius 3 is 2.38 bits per heavy atom. The molecule has 3 nitrogen and oxygen atoms in total. The van der Waals surface area contributed by atoms with Gasteiger partial charge in [-0.2, -0.15) is 8.78 Å². The lowest BCUT2D eigenvalue weighted by Crippen LogP contribution is -2.31. The summed E-state index contributed by atoms with van der Waals surface area (Å²) in [4.78, 5) is 4.13. The molecule has 1 heterocycles. The number of alkyl halides is 2. The number of fused-ring (bicyclic) bond motifs is 1. The van der Waals surface area contributed by atoms with E-state index in [1.54, 1.807) is 42.5 Å². The van der Waals surface area contributed by atoms with Gasteiger partial charge in [-0.05, 0) is 24.6 Å². The summed E-state index contributed by atoms with van der Waals surface area (Å²) in [6.07, 6.45) is -1.94. The third kappa shape index (κ3) is 2.19. The zero-order valence-corrected chi connectivity index (χ0v) is 11.4. The van der Waals surface area contributed by atoms with Crippen LogP contribution in [0.1, 0.15) is 17.5 Å². The minimum absolute atomic E-state index is 0.163. The average molecular weight is 288 g/mol. The van der Waals surface area contributed by atoms with Crippen LogP contribution in [0.2, 0.25) is 0 Å². The van der Waals surface area contributed by atoms with Crippen molar-refractivity contribution in [1.82, 2.24) is 9.55 Å². The van der Waals surface area contributed by atoms with E-state index in [9.17, 15) is 13.9 Å². The molecule has 1 N–H and O–H groups in total. The molecule has 0 saturated heterocycles. The second-order valence-corrected chi connectivity index (χ2v) is 4.88. The minimum atomic E-state index is -3.48. The Kier molecular flexibility index (Phi) is 3.22. The number of hydrogen-bond donors (Lipinski definition) is 1. The van der Waals surface area contributed by atoms with E-state index in [-0.39, 0.29) is 11.4 Å². The van der Waals surface area contributed by atoms with Gasteiger partial charge in [-0.15, -0.1) is 0 Å². The van der Waals surface area contributed by atoms with Crippen molar-refractivity contribution in [2.24, 2.45) is 0 Å². The van der Waals surface area contributed by atoms with Crippen LogP contribution in [0.15, 0.2) is 54.6 Å². The topological polar surface area (TPSA) is 38.0 Å². The summed E-state index contributed by atoms with van der Waals surface area (Å²) in [5.41, 5.74) is 0.949. The number of aliphatic hydroxyl groups excluding tert-OH is 1. The van der Waals surface area contributed by atoms with Crippen LogP contribution >= 0.6 is 0 Å². The highest BCUT2D eigenvalue weighted by atomic mass is 19.3. The molecular formula is C16H14F2N2O. The van der Waals surface area contributed by atoms with E-state index < -0.39 is 12.2 Å². The first-order chi connectivity index (χ1) is 10.0. The molecule has 0 aliphatic heterocycles. The first-order valence-electron chi connectivity index (χ1n) is 6.57. The highest BCUT2D eigenvalue weighted by molar-refractivity contribution is 5.76. The van der Waals surface area contributed by atoms with Crippen molar-refractivity contribution in [1.29, 1.82) is 0 Å². The van der Waals surface area contributed by atoms with Crippen LogP contribution in [0.25, 0.3) is 11.0 Å². The molecule has 0 bridgehead atoms. The van der Waals surface area contributed by atoms with Crippen molar-refractivity contribution in [3.63, 3.8) is 0 Å². The maximum absolute atomic E-state index is 14.7. The molecule has 5 heteroatoms. The van der Waals surface area contributed by atoms with Crippen molar-refractivity contribution in [3.05, 3.63) is 66.0 Å². The normalized spacial score (nSPS) is 13.5. The van der Waals surface area contributed by atoms with Gasteiger partial charge in [0.15, 0.2) is 6.10 Å². The van der Waals surface area contributed by atoms with Crippen LogP contribution in [0.3, 0.4) is 0 Å². The van der Waals surface area contributed by atoms with Crippen LogP contribution in [0.4, 0.5) is 8.78 Å². The molecule has 0 saturated carbocycles. The highest BCUT2D eigenvalue weighted by Crippen LogP contribution is 2.38. The van der Waals surface area contributed by atoms with E-state index >= 15 is 0 Å². The summed E-state index contributed by atoms with van der Waals surface area (Å²) in [6.45, 7) is 1.51. The molecule has 21 heavy (non-hydrogen) atoms. The fourth-order valence-electron chi connectivity index (χ4n) is 2.48. The molecule has 0 amide bonds. The molecule has 0 aliphatic rings. The second-order valence-electron chi connectivity index (χ2n) is 4.88. The second kappa shape index (κ2) is 4.93. The monoisotopic (exact) mass is 288 g/mol. The smallest absolute Gasteiger partial charge is 0.360 e. The molecule has 3 rings (SSSR count). The van der Waals surface area contributed by atoms with Crippen molar-refractivity contribution in [2.75, 3.05) is 0 Å². The van der Waals surface area contributed by atoms with Gasteiger partial charge in [0, 0.05) is 0 Å². The Bertz CT molecular complexity index is 768. The quantitative estimate of drug-likeness (QED) is 0.799.